The summed E-state index contributed by atoms with van der Waals surface area (Å²) in [5.41, 5.74) is 5.60. The predicted octanol–water partition coefficient (Wildman–Crippen LogP) is 4.89. The van der Waals surface area contributed by atoms with Crippen LogP contribution in [-0.2, 0) is 11.3 Å². The maximum absolute atomic E-state index is 13.0. The highest BCUT2D eigenvalue weighted by Gasteiger charge is 2.14. The standard InChI is InChI=1S/C22H16Cl2N4O2S/c1-13-2-4-14(5-3-13)17-11-31-21-20(17)22(30)28(12-25-21)10-19(29)27-26-9-15-6-7-16(23)8-18(15)24/h2-9,11-12H,10H2,1H3,(H,27,29)/b26-9-. The van der Waals surface area contributed by atoms with E-state index in [1.807, 2.05) is 36.6 Å². The summed E-state index contributed by atoms with van der Waals surface area (Å²) in [4.78, 5) is 30.3. The number of halogens is 2. The molecule has 2 aromatic heterocycles. The third-order valence-corrected chi connectivity index (χ3v) is 6.04. The number of amides is 1. The van der Waals surface area contributed by atoms with E-state index in [2.05, 4.69) is 15.5 Å². The zero-order chi connectivity index (χ0) is 22.0. The molecule has 9 heteroatoms. The summed E-state index contributed by atoms with van der Waals surface area (Å²) in [6.45, 7) is 1.79. The van der Waals surface area contributed by atoms with Crippen LogP contribution in [0.25, 0.3) is 21.3 Å². The van der Waals surface area contributed by atoms with Crippen molar-refractivity contribution in [3.05, 3.63) is 85.7 Å². The minimum absolute atomic E-state index is 0.212. The zero-order valence-electron chi connectivity index (χ0n) is 16.3. The van der Waals surface area contributed by atoms with Crippen LogP contribution >= 0.6 is 34.5 Å². The highest BCUT2D eigenvalue weighted by atomic mass is 35.5. The molecule has 0 saturated carbocycles. The van der Waals surface area contributed by atoms with Crippen molar-refractivity contribution in [1.29, 1.82) is 0 Å². The van der Waals surface area contributed by atoms with E-state index in [4.69, 9.17) is 23.2 Å². The topological polar surface area (TPSA) is 76.3 Å². The fraction of sp³-hybridized carbons (Fsp3) is 0.0909. The smallest absolute Gasteiger partial charge is 0.263 e. The van der Waals surface area contributed by atoms with Crippen LogP contribution in [-0.4, -0.2) is 21.7 Å². The molecule has 6 nitrogen and oxygen atoms in total. The Bertz CT molecular complexity index is 1360. The quantitative estimate of drug-likeness (QED) is 0.333. The molecule has 31 heavy (non-hydrogen) atoms. The number of aryl methyl sites for hydroxylation is 1. The number of fused-ring (bicyclic) bond motifs is 1. The molecular weight excluding hydrogens is 455 g/mol. The average molecular weight is 471 g/mol. The third kappa shape index (κ3) is 4.69. The van der Waals surface area contributed by atoms with Crippen molar-refractivity contribution in [2.24, 2.45) is 5.10 Å². The van der Waals surface area contributed by atoms with Gasteiger partial charge in [-0.15, -0.1) is 11.3 Å². The largest absolute Gasteiger partial charge is 0.289 e. The highest BCUT2D eigenvalue weighted by molar-refractivity contribution is 7.17. The first kappa shape index (κ1) is 21.2. The SMILES string of the molecule is Cc1ccc(-c2csc3ncn(CC(=O)N/N=C\c4ccc(Cl)cc4Cl)c(=O)c23)cc1. The van der Waals surface area contributed by atoms with Gasteiger partial charge in [-0.05, 0) is 24.6 Å². The van der Waals surface area contributed by atoms with Gasteiger partial charge in [-0.1, -0.05) is 59.1 Å². The molecule has 0 unspecified atom stereocenters. The van der Waals surface area contributed by atoms with Crippen LogP contribution in [0.2, 0.25) is 10.0 Å². The Kier molecular flexibility index (Phi) is 6.18. The number of carbonyl (C=O) groups is 1. The fourth-order valence-electron chi connectivity index (χ4n) is 3.00. The van der Waals surface area contributed by atoms with Crippen molar-refractivity contribution in [3.8, 4) is 11.1 Å². The number of hydrazone groups is 1. The number of thiophene rings is 1. The number of carbonyl (C=O) groups excluding carboxylic acids is 1. The first-order valence-electron chi connectivity index (χ1n) is 9.23. The van der Waals surface area contributed by atoms with Gasteiger partial charge in [0, 0.05) is 21.5 Å². The minimum Gasteiger partial charge on any atom is -0.289 e. The first-order chi connectivity index (χ1) is 14.9. The predicted molar refractivity (Wildman–Crippen MR) is 126 cm³/mol. The molecule has 0 fully saturated rings. The number of benzene rings is 2. The Hall–Kier alpha value is -3.00. The second kappa shape index (κ2) is 9.01. The van der Waals surface area contributed by atoms with Gasteiger partial charge in [0.2, 0.25) is 0 Å². The van der Waals surface area contributed by atoms with E-state index >= 15 is 0 Å². The van der Waals surface area contributed by atoms with E-state index in [1.54, 1.807) is 18.2 Å². The molecule has 0 aliphatic rings. The molecule has 0 aliphatic carbocycles. The van der Waals surface area contributed by atoms with E-state index in [-0.39, 0.29) is 12.1 Å². The van der Waals surface area contributed by atoms with Crippen molar-refractivity contribution < 1.29 is 4.79 Å². The molecule has 0 aliphatic heterocycles. The summed E-state index contributed by atoms with van der Waals surface area (Å²) in [6.07, 6.45) is 2.79. The fourth-order valence-corrected chi connectivity index (χ4v) is 4.36. The second-order valence-electron chi connectivity index (χ2n) is 6.83. The van der Waals surface area contributed by atoms with E-state index in [0.717, 1.165) is 16.7 Å². The van der Waals surface area contributed by atoms with Crippen LogP contribution in [0.1, 0.15) is 11.1 Å². The van der Waals surface area contributed by atoms with Gasteiger partial charge in [-0.25, -0.2) is 10.4 Å². The summed E-state index contributed by atoms with van der Waals surface area (Å²) in [5, 5.41) is 7.23. The molecule has 4 rings (SSSR count). The number of nitrogens with zero attached hydrogens (tertiary/aromatic N) is 3. The molecule has 4 aromatic rings. The van der Waals surface area contributed by atoms with Gasteiger partial charge in [0.15, 0.2) is 0 Å². The normalized spacial score (nSPS) is 11.3. The molecule has 0 bridgehead atoms. The summed E-state index contributed by atoms with van der Waals surface area (Å²) in [5.74, 6) is -0.461. The van der Waals surface area contributed by atoms with Crippen LogP contribution in [0.3, 0.4) is 0 Å². The van der Waals surface area contributed by atoms with E-state index in [0.29, 0.717) is 25.8 Å². The summed E-state index contributed by atoms with van der Waals surface area (Å²) < 4.78 is 1.27. The van der Waals surface area contributed by atoms with E-state index in [1.165, 1.54) is 28.4 Å². The molecule has 0 radical (unpaired) electrons. The van der Waals surface area contributed by atoms with Gasteiger partial charge in [0.25, 0.3) is 11.5 Å². The Labute approximate surface area is 191 Å². The molecule has 2 aromatic carbocycles. The zero-order valence-corrected chi connectivity index (χ0v) is 18.6. The highest BCUT2D eigenvalue weighted by Crippen LogP contribution is 2.30. The van der Waals surface area contributed by atoms with Gasteiger partial charge in [0.1, 0.15) is 11.4 Å². The van der Waals surface area contributed by atoms with Crippen LogP contribution in [0.15, 0.2) is 64.1 Å². The van der Waals surface area contributed by atoms with Crippen molar-refractivity contribution in [3.63, 3.8) is 0 Å². The first-order valence-corrected chi connectivity index (χ1v) is 10.9. The Morgan fingerprint density at radius 2 is 2.00 bits per heavy atom. The lowest BCUT2D eigenvalue weighted by Gasteiger charge is -2.06. The second-order valence-corrected chi connectivity index (χ2v) is 8.53. The van der Waals surface area contributed by atoms with Crippen molar-refractivity contribution in [1.82, 2.24) is 15.0 Å². The monoisotopic (exact) mass is 470 g/mol. The average Bonchev–Trinajstić information content (AvgIpc) is 3.17. The lowest BCUT2D eigenvalue weighted by atomic mass is 10.1. The lowest BCUT2D eigenvalue weighted by molar-refractivity contribution is -0.121. The van der Waals surface area contributed by atoms with Gasteiger partial charge in [-0.3, -0.25) is 14.2 Å². The summed E-state index contributed by atoms with van der Waals surface area (Å²) in [7, 11) is 0. The number of hydrogen-bond acceptors (Lipinski definition) is 5. The lowest BCUT2D eigenvalue weighted by Crippen LogP contribution is -2.30. The van der Waals surface area contributed by atoms with Crippen LogP contribution < -0.4 is 11.0 Å². The molecule has 2 heterocycles. The van der Waals surface area contributed by atoms with Crippen LogP contribution in [0.5, 0.6) is 0 Å². The van der Waals surface area contributed by atoms with Gasteiger partial charge < -0.3 is 0 Å². The molecular formula is C22H16Cl2N4O2S. The third-order valence-electron chi connectivity index (χ3n) is 4.59. The molecule has 156 valence electrons. The maximum atomic E-state index is 13.0. The number of rotatable bonds is 5. The van der Waals surface area contributed by atoms with Crippen LogP contribution in [0.4, 0.5) is 0 Å². The number of hydrogen-bond donors (Lipinski definition) is 1. The minimum atomic E-state index is -0.461. The van der Waals surface area contributed by atoms with Gasteiger partial charge in [0.05, 0.1) is 23.0 Å². The Balaban J connectivity index is 1.54. The number of nitrogens with one attached hydrogen (secondary N) is 1. The van der Waals surface area contributed by atoms with E-state index < -0.39 is 5.91 Å². The molecule has 0 atom stereocenters. The van der Waals surface area contributed by atoms with Gasteiger partial charge >= 0.3 is 0 Å². The van der Waals surface area contributed by atoms with Gasteiger partial charge in [-0.2, -0.15) is 5.10 Å². The van der Waals surface area contributed by atoms with Crippen LogP contribution in [0, 0.1) is 6.92 Å². The molecule has 0 spiro atoms. The number of aromatic nitrogens is 2. The van der Waals surface area contributed by atoms with Crippen molar-refractivity contribution in [2.45, 2.75) is 13.5 Å². The van der Waals surface area contributed by atoms with Crippen molar-refractivity contribution in [2.75, 3.05) is 0 Å². The molecule has 1 N–H and O–H groups in total. The Morgan fingerprint density at radius 3 is 2.74 bits per heavy atom. The van der Waals surface area contributed by atoms with E-state index in [9.17, 15) is 9.59 Å². The maximum Gasteiger partial charge on any atom is 0.263 e. The van der Waals surface area contributed by atoms with Crippen molar-refractivity contribution >= 4 is 56.9 Å². The summed E-state index contributed by atoms with van der Waals surface area (Å²) in [6, 6.07) is 12.9. The Morgan fingerprint density at radius 1 is 1.23 bits per heavy atom. The summed E-state index contributed by atoms with van der Waals surface area (Å²) >= 11 is 13.3. The molecule has 1 amide bonds. The molecule has 0 saturated heterocycles.